The summed E-state index contributed by atoms with van der Waals surface area (Å²) in [5, 5.41) is 22.1. The van der Waals surface area contributed by atoms with Gasteiger partial charge in [0.15, 0.2) is 0 Å². The van der Waals surface area contributed by atoms with Crippen LogP contribution in [-0.2, 0) is 33.5 Å². The smallest absolute Gasteiger partial charge is 0.408 e. The molecule has 0 bridgehead atoms. The molecule has 1 aliphatic heterocycles. The maximum absolute atomic E-state index is 14.4. The van der Waals surface area contributed by atoms with Crippen LogP contribution in [0.3, 0.4) is 0 Å². The van der Waals surface area contributed by atoms with Crippen molar-refractivity contribution in [2.24, 2.45) is 17.8 Å². The molecule has 1 heterocycles. The molecular weight excluding hydrogens is 696 g/mol. The third-order valence-electron chi connectivity index (χ3n) is 11.2. The van der Waals surface area contributed by atoms with Crippen molar-refractivity contribution in [1.29, 1.82) is 0 Å². The van der Waals surface area contributed by atoms with E-state index in [0.29, 0.717) is 44.1 Å². The number of alkyl carbamates (subject to hydrolysis) is 1. The Morgan fingerprint density at radius 2 is 1.61 bits per heavy atom. The van der Waals surface area contributed by atoms with E-state index in [-0.39, 0.29) is 36.6 Å². The third kappa shape index (κ3) is 10.2. The summed E-state index contributed by atoms with van der Waals surface area (Å²) in [6.07, 6.45) is 3.55. The van der Waals surface area contributed by atoms with Gasteiger partial charge in [0.1, 0.15) is 24.2 Å². The van der Waals surface area contributed by atoms with Gasteiger partial charge in [-0.1, -0.05) is 76.8 Å². The van der Waals surface area contributed by atoms with E-state index in [0.717, 1.165) is 12.8 Å². The van der Waals surface area contributed by atoms with E-state index < -0.39 is 77.9 Å². The molecule has 7 atom stereocenters. The molecule has 6 amide bonds. The highest BCUT2D eigenvalue weighted by atomic mass is 16.6. The van der Waals surface area contributed by atoms with E-state index in [1.165, 1.54) is 9.80 Å². The lowest BCUT2D eigenvalue weighted by Gasteiger charge is -2.41. The van der Waals surface area contributed by atoms with Crippen LogP contribution in [0.4, 0.5) is 4.79 Å². The standard InChI is InChI=1S/C39H58N6O9/c1-7-14-28(32(47)35(49)40-21-29(46)42-30(36(50)44(5)6)25-15-10-8-11-16-25)41-34(48)31-27-18-17-26(27)22-45(31)37(51)33(39(53)19-12-9-13-20-39)43-38(52)54-24(4)23(2)3/h8,10-11,15-16,23-24,26-28,30-31,33,53H,7,9,12-14,17-22H2,1-6H3,(H,40,49)(H,41,48)(H,42,46)(H,43,52)/t24-,26+,27+,28+,30+,31+,33-/m1/s1. The number of carbonyl (C=O) groups is 7. The molecule has 3 aliphatic rings. The summed E-state index contributed by atoms with van der Waals surface area (Å²) >= 11 is 0. The van der Waals surface area contributed by atoms with E-state index in [2.05, 4.69) is 21.3 Å². The van der Waals surface area contributed by atoms with Crippen molar-refractivity contribution in [2.75, 3.05) is 27.2 Å². The average Bonchev–Trinajstić information content (AvgIpc) is 3.40. The van der Waals surface area contributed by atoms with E-state index in [1.54, 1.807) is 58.3 Å². The van der Waals surface area contributed by atoms with Crippen molar-refractivity contribution in [3.8, 4) is 0 Å². The molecule has 3 fully saturated rings. The summed E-state index contributed by atoms with van der Waals surface area (Å²) in [7, 11) is 3.11. The second-order valence-corrected chi connectivity index (χ2v) is 15.6. The first kappa shape index (κ1) is 42.2. The molecule has 15 nitrogen and oxygen atoms in total. The number of hydrogen-bond acceptors (Lipinski definition) is 9. The van der Waals surface area contributed by atoms with Crippen LogP contribution in [0, 0.1) is 17.8 Å². The molecule has 15 heteroatoms. The number of likely N-dealkylation sites (tertiary alicyclic amines) is 1. The molecule has 0 radical (unpaired) electrons. The quantitative estimate of drug-likeness (QED) is 0.156. The van der Waals surface area contributed by atoms with Crippen molar-refractivity contribution in [1.82, 2.24) is 31.1 Å². The van der Waals surface area contributed by atoms with Gasteiger partial charge < -0.3 is 40.9 Å². The zero-order valence-electron chi connectivity index (χ0n) is 32.4. The van der Waals surface area contributed by atoms with Gasteiger partial charge >= 0.3 is 6.09 Å². The third-order valence-corrected chi connectivity index (χ3v) is 11.2. The topological polar surface area (TPSA) is 204 Å². The minimum Gasteiger partial charge on any atom is -0.446 e. The number of nitrogens with zero attached hydrogens (tertiary/aromatic N) is 2. The van der Waals surface area contributed by atoms with Gasteiger partial charge in [0.05, 0.1) is 18.2 Å². The Hall–Kier alpha value is -4.53. The first-order chi connectivity index (χ1) is 25.6. The van der Waals surface area contributed by atoms with E-state index in [4.69, 9.17) is 4.74 Å². The van der Waals surface area contributed by atoms with Gasteiger partial charge in [-0.15, -0.1) is 0 Å². The molecule has 0 spiro atoms. The number of carbonyl (C=O) groups excluding carboxylic acids is 7. The number of amides is 6. The molecule has 4 rings (SSSR count). The minimum absolute atomic E-state index is 0.0220. The number of likely N-dealkylation sites (N-methyl/N-ethyl adjacent to an activating group) is 1. The van der Waals surface area contributed by atoms with Crippen molar-refractivity contribution in [3.05, 3.63) is 35.9 Å². The Balaban J connectivity index is 1.45. The van der Waals surface area contributed by atoms with Gasteiger partial charge in [0.2, 0.25) is 29.4 Å². The fraction of sp³-hybridized carbons (Fsp3) is 0.667. The summed E-state index contributed by atoms with van der Waals surface area (Å²) in [5.74, 6) is -4.46. The predicted octanol–water partition coefficient (Wildman–Crippen LogP) is 1.97. The lowest BCUT2D eigenvalue weighted by Crippen LogP contribution is -2.64. The summed E-state index contributed by atoms with van der Waals surface area (Å²) in [4.78, 5) is 96.5. The van der Waals surface area contributed by atoms with Crippen LogP contribution in [0.15, 0.2) is 30.3 Å². The number of nitrogens with one attached hydrogen (secondary N) is 4. The van der Waals surface area contributed by atoms with Gasteiger partial charge in [-0.3, -0.25) is 28.8 Å². The van der Waals surface area contributed by atoms with Crippen LogP contribution in [0.2, 0.25) is 0 Å². The van der Waals surface area contributed by atoms with E-state index in [1.807, 2.05) is 13.8 Å². The molecular formula is C39H58N6O9. The van der Waals surface area contributed by atoms with Crippen LogP contribution < -0.4 is 21.3 Å². The molecule has 54 heavy (non-hydrogen) atoms. The summed E-state index contributed by atoms with van der Waals surface area (Å²) in [6, 6.07) is 4.03. The summed E-state index contributed by atoms with van der Waals surface area (Å²) in [5.41, 5.74) is -0.995. The normalized spacial score (nSPS) is 22.3. The second kappa shape index (κ2) is 18.7. The van der Waals surface area contributed by atoms with Crippen LogP contribution >= 0.6 is 0 Å². The number of ether oxygens (including phenoxy) is 1. The van der Waals surface area contributed by atoms with Crippen LogP contribution in [0.5, 0.6) is 0 Å². The van der Waals surface area contributed by atoms with E-state index in [9.17, 15) is 38.7 Å². The first-order valence-corrected chi connectivity index (χ1v) is 19.3. The molecule has 1 saturated heterocycles. The van der Waals surface area contributed by atoms with Crippen LogP contribution in [0.25, 0.3) is 0 Å². The Morgan fingerprint density at radius 1 is 0.944 bits per heavy atom. The lowest BCUT2D eigenvalue weighted by molar-refractivity contribution is -0.149. The molecule has 2 aliphatic carbocycles. The SMILES string of the molecule is CCC[C@H](NC(=O)[C@@H]1[C@H]2CC[C@H]2CN1C(=O)[C@@H](NC(=O)O[C@H](C)C(C)C)C1(O)CCCCC1)C(=O)C(=O)NCC(=O)N[C@H](C(=O)N(C)C)c1ccccc1. The van der Waals surface area contributed by atoms with Gasteiger partial charge in [0, 0.05) is 20.6 Å². The number of hydrogen-bond donors (Lipinski definition) is 5. The molecule has 0 unspecified atom stereocenters. The summed E-state index contributed by atoms with van der Waals surface area (Å²) in [6.45, 7) is 6.98. The number of aliphatic hydroxyl groups is 1. The Kier molecular flexibility index (Phi) is 14.6. The van der Waals surface area contributed by atoms with Crippen LogP contribution in [-0.4, -0.2) is 113 Å². The van der Waals surface area contributed by atoms with Gasteiger partial charge in [-0.05, 0) is 62.3 Å². The fourth-order valence-electron chi connectivity index (χ4n) is 7.52. The highest BCUT2D eigenvalue weighted by molar-refractivity contribution is 6.38. The summed E-state index contributed by atoms with van der Waals surface area (Å²) < 4.78 is 5.51. The second-order valence-electron chi connectivity index (χ2n) is 15.6. The van der Waals surface area contributed by atoms with Gasteiger partial charge in [0.25, 0.3) is 5.91 Å². The van der Waals surface area contributed by atoms with E-state index >= 15 is 0 Å². The number of Topliss-reactive ketones (excluding diaryl/α,β-unsaturated/α-hetero) is 1. The molecule has 298 valence electrons. The Labute approximate surface area is 317 Å². The molecule has 1 aromatic rings. The Bertz CT molecular complexity index is 1530. The molecule has 1 aromatic carbocycles. The molecule has 2 saturated carbocycles. The van der Waals surface area contributed by atoms with Crippen molar-refractivity contribution >= 4 is 41.4 Å². The Morgan fingerprint density at radius 3 is 2.19 bits per heavy atom. The number of rotatable bonds is 16. The lowest BCUT2D eigenvalue weighted by atomic mass is 9.73. The first-order valence-electron chi connectivity index (χ1n) is 19.3. The number of ketones is 1. The maximum Gasteiger partial charge on any atom is 0.408 e. The minimum atomic E-state index is -1.54. The highest BCUT2D eigenvalue weighted by Crippen LogP contribution is 2.46. The van der Waals surface area contributed by atoms with Crippen molar-refractivity contribution < 1.29 is 43.4 Å². The number of benzene rings is 1. The van der Waals surface area contributed by atoms with Crippen LogP contribution in [0.1, 0.15) is 97.1 Å². The number of fused-ring (bicyclic) bond motifs is 1. The monoisotopic (exact) mass is 754 g/mol. The average molecular weight is 755 g/mol. The predicted molar refractivity (Wildman–Crippen MR) is 198 cm³/mol. The van der Waals surface area contributed by atoms with Crippen molar-refractivity contribution in [3.63, 3.8) is 0 Å². The zero-order chi connectivity index (χ0) is 39.7. The maximum atomic E-state index is 14.4. The molecule has 0 aromatic heterocycles. The largest absolute Gasteiger partial charge is 0.446 e. The fourth-order valence-corrected chi connectivity index (χ4v) is 7.52. The van der Waals surface area contributed by atoms with Gasteiger partial charge in [-0.2, -0.15) is 0 Å². The molecule has 5 N–H and O–H groups in total. The van der Waals surface area contributed by atoms with Gasteiger partial charge in [-0.25, -0.2) is 4.79 Å². The zero-order valence-corrected chi connectivity index (χ0v) is 32.4. The highest BCUT2D eigenvalue weighted by Gasteiger charge is 2.55. The van der Waals surface area contributed by atoms with Crippen molar-refractivity contribution in [2.45, 2.75) is 121 Å².